The molecule has 2 aromatic heterocycles. The zero-order chi connectivity index (χ0) is 19.6. The average Bonchev–Trinajstić information content (AvgIpc) is 2.63. The molecule has 1 aliphatic heterocycles. The van der Waals surface area contributed by atoms with E-state index in [0.717, 1.165) is 12.3 Å². The van der Waals surface area contributed by atoms with E-state index in [1.807, 2.05) is 0 Å². The average molecular weight is 419 g/mol. The number of hydrogen-bond donors (Lipinski definition) is 1. The molecule has 1 N–H and O–H groups in total. The molecule has 1 atom stereocenters. The molecule has 3 heterocycles. The fourth-order valence-corrected chi connectivity index (χ4v) is 3.28. The Bertz CT molecular complexity index is 830. The summed E-state index contributed by atoms with van der Waals surface area (Å²) in [5, 5.41) is 3.08. The van der Waals surface area contributed by atoms with Crippen LogP contribution in [0, 0.1) is 5.92 Å². The Balaban J connectivity index is 1.70. The van der Waals surface area contributed by atoms with Crippen molar-refractivity contribution in [3.8, 4) is 0 Å². The lowest BCUT2D eigenvalue weighted by Gasteiger charge is -2.33. The maximum Gasteiger partial charge on any atom is 0.417 e. The number of anilines is 2. The van der Waals surface area contributed by atoms with Gasteiger partial charge in [-0.1, -0.05) is 23.2 Å². The van der Waals surface area contributed by atoms with Crippen molar-refractivity contribution in [1.82, 2.24) is 9.97 Å². The van der Waals surface area contributed by atoms with Crippen molar-refractivity contribution in [2.45, 2.75) is 19.0 Å². The summed E-state index contributed by atoms with van der Waals surface area (Å²) in [5.74, 6) is 0.0351. The first-order valence-corrected chi connectivity index (χ1v) is 8.90. The van der Waals surface area contributed by atoms with Crippen molar-refractivity contribution < 1.29 is 18.0 Å². The first-order valence-electron chi connectivity index (χ1n) is 8.14. The minimum absolute atomic E-state index is 0.0924. The third-order valence-electron chi connectivity index (χ3n) is 4.22. The number of nitrogens with zero attached hydrogens (tertiary/aromatic N) is 3. The fourth-order valence-electron chi connectivity index (χ4n) is 2.88. The largest absolute Gasteiger partial charge is 0.417 e. The molecule has 0 saturated carbocycles. The molecule has 0 radical (unpaired) electrons. The van der Waals surface area contributed by atoms with Gasteiger partial charge in [-0.3, -0.25) is 4.79 Å². The number of nitrogens with one attached hydrogen (secondary N) is 1. The second-order valence-electron chi connectivity index (χ2n) is 6.16. The number of carbonyl (C=O) groups excluding carboxylic acids is 1. The topological polar surface area (TPSA) is 58.1 Å². The summed E-state index contributed by atoms with van der Waals surface area (Å²) >= 11 is 11.8. The number of halogens is 5. The van der Waals surface area contributed by atoms with Gasteiger partial charge in [-0.25, -0.2) is 9.97 Å². The van der Waals surface area contributed by atoms with Crippen LogP contribution in [0.25, 0.3) is 0 Å². The molecule has 0 aromatic carbocycles. The van der Waals surface area contributed by atoms with E-state index in [9.17, 15) is 18.0 Å². The van der Waals surface area contributed by atoms with Crippen molar-refractivity contribution in [2.24, 2.45) is 5.92 Å². The number of pyridine rings is 2. The Morgan fingerprint density at radius 3 is 2.63 bits per heavy atom. The first kappa shape index (κ1) is 19.7. The number of hydrogen-bond acceptors (Lipinski definition) is 4. The van der Waals surface area contributed by atoms with Gasteiger partial charge in [-0.2, -0.15) is 13.2 Å². The number of carbonyl (C=O) groups is 1. The van der Waals surface area contributed by atoms with Crippen LogP contribution < -0.4 is 10.2 Å². The predicted octanol–water partition coefficient (Wildman–Crippen LogP) is 4.66. The quantitative estimate of drug-likeness (QED) is 0.787. The maximum absolute atomic E-state index is 12.8. The summed E-state index contributed by atoms with van der Waals surface area (Å²) < 4.78 is 38.3. The molecule has 27 heavy (non-hydrogen) atoms. The molecule has 1 unspecified atom stereocenters. The summed E-state index contributed by atoms with van der Waals surface area (Å²) in [6, 6.07) is 4.06. The maximum atomic E-state index is 12.8. The van der Waals surface area contributed by atoms with Gasteiger partial charge < -0.3 is 10.2 Å². The van der Waals surface area contributed by atoms with Gasteiger partial charge in [-0.05, 0) is 31.0 Å². The Kier molecular flexibility index (Phi) is 5.76. The molecule has 2 aromatic rings. The molecule has 1 aliphatic rings. The molecule has 1 amide bonds. The highest BCUT2D eigenvalue weighted by Gasteiger charge is 2.33. The lowest BCUT2D eigenvalue weighted by Crippen LogP contribution is -2.41. The van der Waals surface area contributed by atoms with Crippen LogP contribution in [0.5, 0.6) is 0 Å². The van der Waals surface area contributed by atoms with Crippen LogP contribution in [-0.4, -0.2) is 29.0 Å². The standard InChI is InChI=1S/C17H15Cl2F3N4O/c18-12-3-4-14(23-8-12)25-16(27)10-2-1-5-26(9-10)15-13(19)6-11(7-24-15)17(20,21)22/h3-4,6-8,10H,1-2,5,9H2,(H,23,25,27). The summed E-state index contributed by atoms with van der Waals surface area (Å²) in [7, 11) is 0. The van der Waals surface area contributed by atoms with Gasteiger partial charge in [-0.15, -0.1) is 0 Å². The highest BCUT2D eigenvalue weighted by atomic mass is 35.5. The van der Waals surface area contributed by atoms with Gasteiger partial charge >= 0.3 is 6.18 Å². The van der Waals surface area contributed by atoms with Gasteiger partial charge in [0, 0.05) is 25.5 Å². The lowest BCUT2D eigenvalue weighted by atomic mass is 9.97. The van der Waals surface area contributed by atoms with Crippen LogP contribution in [0.4, 0.5) is 24.8 Å². The summed E-state index contributed by atoms with van der Waals surface area (Å²) in [6.07, 6.45) is -0.997. The molecule has 0 bridgehead atoms. The van der Waals surface area contributed by atoms with E-state index in [1.165, 1.54) is 6.20 Å². The number of piperidine rings is 1. The first-order chi connectivity index (χ1) is 12.7. The van der Waals surface area contributed by atoms with Crippen LogP contribution in [-0.2, 0) is 11.0 Å². The molecule has 144 valence electrons. The third-order valence-corrected chi connectivity index (χ3v) is 4.72. The van der Waals surface area contributed by atoms with Crippen molar-refractivity contribution in [2.75, 3.05) is 23.3 Å². The predicted molar refractivity (Wildman–Crippen MR) is 97.1 cm³/mol. The number of amides is 1. The summed E-state index contributed by atoms with van der Waals surface area (Å²) in [5.41, 5.74) is -0.906. The van der Waals surface area contributed by atoms with Crippen molar-refractivity contribution >= 4 is 40.7 Å². The Labute approximate surface area is 163 Å². The van der Waals surface area contributed by atoms with Crippen molar-refractivity contribution in [1.29, 1.82) is 0 Å². The monoisotopic (exact) mass is 418 g/mol. The number of rotatable bonds is 3. The highest BCUT2D eigenvalue weighted by molar-refractivity contribution is 6.33. The van der Waals surface area contributed by atoms with E-state index in [4.69, 9.17) is 23.2 Å². The lowest BCUT2D eigenvalue weighted by molar-refractivity contribution is -0.137. The van der Waals surface area contributed by atoms with Crippen LogP contribution in [0.1, 0.15) is 18.4 Å². The minimum Gasteiger partial charge on any atom is -0.355 e. The van der Waals surface area contributed by atoms with Gasteiger partial charge in [0.15, 0.2) is 0 Å². The molecule has 0 aliphatic carbocycles. The Hall–Kier alpha value is -2.06. The van der Waals surface area contributed by atoms with E-state index >= 15 is 0 Å². The molecular formula is C17H15Cl2F3N4O. The molecule has 3 rings (SSSR count). The van der Waals surface area contributed by atoms with Gasteiger partial charge in [0.1, 0.15) is 11.6 Å². The highest BCUT2D eigenvalue weighted by Crippen LogP contribution is 2.34. The SMILES string of the molecule is O=C(Nc1ccc(Cl)cn1)C1CCCN(c2ncc(C(F)(F)F)cc2Cl)C1. The molecule has 1 fully saturated rings. The van der Waals surface area contributed by atoms with Crippen molar-refractivity contribution in [3.05, 3.63) is 46.2 Å². The zero-order valence-corrected chi connectivity index (χ0v) is 15.4. The molecule has 10 heteroatoms. The van der Waals surface area contributed by atoms with Crippen LogP contribution in [0.2, 0.25) is 10.0 Å². The van der Waals surface area contributed by atoms with Gasteiger partial charge in [0.05, 0.1) is 21.5 Å². The Morgan fingerprint density at radius 2 is 2.00 bits per heavy atom. The molecule has 5 nitrogen and oxygen atoms in total. The second kappa shape index (κ2) is 7.90. The number of aromatic nitrogens is 2. The normalized spacial score (nSPS) is 17.7. The number of alkyl halides is 3. The second-order valence-corrected chi connectivity index (χ2v) is 7.01. The van der Waals surface area contributed by atoms with Crippen LogP contribution in [0.3, 0.4) is 0 Å². The summed E-state index contributed by atoms with van der Waals surface area (Å²) in [4.78, 5) is 22.1. The fraction of sp³-hybridized carbons (Fsp3) is 0.353. The molecule has 0 spiro atoms. The van der Waals surface area contributed by atoms with Crippen LogP contribution in [0.15, 0.2) is 30.6 Å². The molecule has 1 saturated heterocycles. The van der Waals surface area contributed by atoms with Gasteiger partial charge in [0.25, 0.3) is 0 Å². The van der Waals surface area contributed by atoms with E-state index in [-0.39, 0.29) is 22.7 Å². The summed E-state index contributed by atoms with van der Waals surface area (Å²) in [6.45, 7) is 0.860. The zero-order valence-electron chi connectivity index (χ0n) is 13.9. The molecular weight excluding hydrogens is 404 g/mol. The van der Waals surface area contributed by atoms with Crippen LogP contribution >= 0.6 is 23.2 Å². The third kappa shape index (κ3) is 4.81. The van der Waals surface area contributed by atoms with E-state index in [1.54, 1.807) is 17.0 Å². The van der Waals surface area contributed by atoms with Crippen molar-refractivity contribution in [3.63, 3.8) is 0 Å². The van der Waals surface area contributed by atoms with E-state index in [0.29, 0.717) is 36.8 Å². The minimum atomic E-state index is -4.51. The smallest absolute Gasteiger partial charge is 0.355 e. The Morgan fingerprint density at radius 1 is 1.22 bits per heavy atom. The van der Waals surface area contributed by atoms with E-state index in [2.05, 4.69) is 15.3 Å². The van der Waals surface area contributed by atoms with E-state index < -0.39 is 11.7 Å². The van der Waals surface area contributed by atoms with Gasteiger partial charge in [0.2, 0.25) is 5.91 Å².